The van der Waals surface area contributed by atoms with E-state index in [1.165, 1.54) is 6.07 Å². The summed E-state index contributed by atoms with van der Waals surface area (Å²) in [5, 5.41) is 0.879. The van der Waals surface area contributed by atoms with Crippen LogP contribution in [0.2, 0.25) is 0 Å². The molecule has 1 fully saturated rings. The number of pyridine rings is 1. The largest absolute Gasteiger partial charge is 0.368 e. The quantitative estimate of drug-likeness (QED) is 0.664. The first-order valence-corrected chi connectivity index (χ1v) is 12.2. The molecular formula is C24H29FN5OP. The first-order chi connectivity index (χ1) is 15.3. The van der Waals surface area contributed by atoms with Crippen LogP contribution in [0.25, 0.3) is 11.0 Å². The monoisotopic (exact) mass is 453 g/mol. The van der Waals surface area contributed by atoms with Gasteiger partial charge in [-0.25, -0.2) is 9.37 Å². The van der Waals surface area contributed by atoms with Crippen LogP contribution in [0.3, 0.4) is 0 Å². The van der Waals surface area contributed by atoms with Crippen LogP contribution in [-0.4, -0.2) is 67.5 Å². The first kappa shape index (κ1) is 21.4. The van der Waals surface area contributed by atoms with E-state index < -0.39 is 0 Å². The summed E-state index contributed by atoms with van der Waals surface area (Å²) in [4.78, 5) is 24.0. The van der Waals surface area contributed by atoms with Crippen LogP contribution in [0.1, 0.15) is 32.0 Å². The fraction of sp³-hybridized carbons (Fsp3) is 0.417. The van der Waals surface area contributed by atoms with Crippen molar-refractivity contribution in [3.8, 4) is 0 Å². The van der Waals surface area contributed by atoms with Crippen molar-refractivity contribution in [3.05, 3.63) is 65.7 Å². The van der Waals surface area contributed by atoms with Gasteiger partial charge in [-0.2, -0.15) is 0 Å². The Morgan fingerprint density at radius 1 is 1.25 bits per heavy atom. The van der Waals surface area contributed by atoms with Gasteiger partial charge in [-0.3, -0.25) is 9.69 Å². The molecule has 0 bridgehead atoms. The summed E-state index contributed by atoms with van der Waals surface area (Å²) in [6.07, 6.45) is 11.6. The smallest absolute Gasteiger partial charge is 0.252 e. The lowest BCUT2D eigenvalue weighted by atomic mass is 10.1. The summed E-state index contributed by atoms with van der Waals surface area (Å²) in [6, 6.07) is 2.50. The van der Waals surface area contributed by atoms with Gasteiger partial charge in [-0.05, 0) is 45.2 Å². The van der Waals surface area contributed by atoms with Crippen molar-refractivity contribution in [2.45, 2.75) is 45.6 Å². The zero-order valence-corrected chi connectivity index (χ0v) is 19.9. The Labute approximate surface area is 189 Å². The second-order valence-electron chi connectivity index (χ2n) is 9.12. The molecule has 0 N–H and O–H groups in total. The molecule has 2 aromatic heterocycles. The standard InChI is InChI=1S/C24H29FN5OP/c1-15(2)29-8-7-27(12-17(29)4)19-5-6-23-30(14-19)22(31)10-21(32-23)18-9-20(25)24-26-16(3)11-28(24)13-18/h5-6,9-11,13-15,17,23,32H,7-8,12H2,1-4H3/t17-,23?/m0/s1. The van der Waals surface area contributed by atoms with Gasteiger partial charge in [0.2, 0.25) is 0 Å². The third-order valence-electron chi connectivity index (χ3n) is 6.49. The van der Waals surface area contributed by atoms with Crippen LogP contribution >= 0.6 is 8.58 Å². The molecule has 2 unspecified atom stereocenters. The molecule has 0 saturated carbocycles. The van der Waals surface area contributed by atoms with E-state index in [0.29, 0.717) is 26.3 Å². The van der Waals surface area contributed by atoms with Crippen molar-refractivity contribution in [2.75, 3.05) is 19.6 Å². The van der Waals surface area contributed by atoms with Crippen molar-refractivity contribution in [3.63, 3.8) is 0 Å². The normalized spacial score (nSPS) is 25.0. The number of carbonyl (C=O) groups is 1. The van der Waals surface area contributed by atoms with Crippen LogP contribution < -0.4 is 0 Å². The molecule has 5 heterocycles. The summed E-state index contributed by atoms with van der Waals surface area (Å²) in [7, 11) is 0.354. The summed E-state index contributed by atoms with van der Waals surface area (Å²) in [5.74, 6) is -0.446. The van der Waals surface area contributed by atoms with Crippen LogP contribution in [0.5, 0.6) is 0 Å². The van der Waals surface area contributed by atoms with Gasteiger partial charge < -0.3 is 14.2 Å². The number of aryl methyl sites for hydroxylation is 1. The number of amides is 1. The molecule has 32 heavy (non-hydrogen) atoms. The summed E-state index contributed by atoms with van der Waals surface area (Å²) in [6.45, 7) is 11.5. The van der Waals surface area contributed by atoms with Crippen LogP contribution in [0.15, 0.2) is 48.6 Å². The topological polar surface area (TPSA) is 44.1 Å². The number of hydrogen-bond acceptors (Lipinski definition) is 4. The van der Waals surface area contributed by atoms with Gasteiger partial charge in [-0.1, -0.05) is 14.7 Å². The highest BCUT2D eigenvalue weighted by Gasteiger charge is 2.32. The number of hydrogen-bond donors (Lipinski definition) is 0. The maximum atomic E-state index is 14.6. The number of rotatable bonds is 3. The molecule has 3 aliphatic heterocycles. The Morgan fingerprint density at radius 2 is 2.06 bits per heavy atom. The minimum Gasteiger partial charge on any atom is -0.368 e. The van der Waals surface area contributed by atoms with Crippen molar-refractivity contribution >= 4 is 25.4 Å². The predicted octanol–water partition coefficient (Wildman–Crippen LogP) is 3.80. The second-order valence-corrected chi connectivity index (χ2v) is 10.5. The van der Waals surface area contributed by atoms with Gasteiger partial charge in [0.1, 0.15) is 0 Å². The Bertz CT molecular complexity index is 1170. The third kappa shape index (κ3) is 3.78. The lowest BCUT2D eigenvalue weighted by molar-refractivity contribution is -0.123. The van der Waals surface area contributed by atoms with Gasteiger partial charge >= 0.3 is 0 Å². The molecule has 2 aromatic rings. The minimum absolute atomic E-state index is 0.0242. The van der Waals surface area contributed by atoms with Crippen LogP contribution in [0, 0.1) is 12.7 Å². The summed E-state index contributed by atoms with van der Waals surface area (Å²) < 4.78 is 16.3. The fourth-order valence-electron chi connectivity index (χ4n) is 4.92. The number of nitrogens with zero attached hydrogens (tertiary/aromatic N) is 5. The molecule has 1 amide bonds. The van der Waals surface area contributed by atoms with E-state index in [-0.39, 0.29) is 17.5 Å². The number of imidazole rings is 1. The Hall–Kier alpha value is -2.50. The number of fused-ring (bicyclic) bond motifs is 2. The van der Waals surface area contributed by atoms with Gasteiger partial charge in [0, 0.05) is 62.0 Å². The van der Waals surface area contributed by atoms with Crippen molar-refractivity contribution in [2.24, 2.45) is 0 Å². The number of piperazine rings is 1. The molecule has 0 aromatic carbocycles. The molecule has 168 valence electrons. The third-order valence-corrected chi connectivity index (χ3v) is 8.00. The Kier molecular flexibility index (Phi) is 5.42. The zero-order chi connectivity index (χ0) is 22.6. The van der Waals surface area contributed by atoms with E-state index in [1.54, 1.807) is 16.7 Å². The van der Waals surface area contributed by atoms with Crippen molar-refractivity contribution in [1.29, 1.82) is 0 Å². The van der Waals surface area contributed by atoms with Crippen molar-refractivity contribution < 1.29 is 9.18 Å². The number of carbonyl (C=O) groups excluding carboxylic acids is 1. The lowest BCUT2D eigenvalue weighted by Crippen LogP contribution is -2.54. The molecule has 6 nitrogen and oxygen atoms in total. The Balaban J connectivity index is 1.37. The zero-order valence-electron chi connectivity index (χ0n) is 18.9. The summed E-state index contributed by atoms with van der Waals surface area (Å²) in [5.41, 5.74) is 2.91. The molecule has 0 aliphatic carbocycles. The average molecular weight is 454 g/mol. The highest BCUT2D eigenvalue weighted by atomic mass is 31.1. The van der Waals surface area contributed by atoms with E-state index in [2.05, 4.69) is 47.7 Å². The van der Waals surface area contributed by atoms with Gasteiger partial charge in [0.15, 0.2) is 11.5 Å². The molecule has 3 atom stereocenters. The first-order valence-electron chi connectivity index (χ1n) is 11.2. The van der Waals surface area contributed by atoms with Gasteiger partial charge in [-0.15, -0.1) is 0 Å². The lowest BCUT2D eigenvalue weighted by Gasteiger charge is -2.44. The highest BCUT2D eigenvalue weighted by Crippen LogP contribution is 2.45. The maximum Gasteiger partial charge on any atom is 0.252 e. The molecule has 0 spiro atoms. The van der Waals surface area contributed by atoms with Gasteiger partial charge in [0.05, 0.1) is 17.2 Å². The number of halogens is 1. The molecule has 3 aliphatic rings. The van der Waals surface area contributed by atoms with Crippen molar-refractivity contribution in [1.82, 2.24) is 24.1 Å². The molecular weight excluding hydrogens is 424 g/mol. The molecule has 0 radical (unpaired) electrons. The van der Waals surface area contributed by atoms with Crippen LogP contribution in [0.4, 0.5) is 4.39 Å². The fourth-order valence-corrected chi connectivity index (χ4v) is 6.28. The average Bonchev–Trinajstić information content (AvgIpc) is 3.14. The maximum absolute atomic E-state index is 14.6. The number of aromatic nitrogens is 2. The van der Waals surface area contributed by atoms with Crippen LogP contribution in [-0.2, 0) is 4.79 Å². The predicted molar refractivity (Wildman–Crippen MR) is 127 cm³/mol. The van der Waals surface area contributed by atoms with Gasteiger partial charge in [0.25, 0.3) is 5.91 Å². The molecule has 8 heteroatoms. The van der Waals surface area contributed by atoms with E-state index in [0.717, 1.165) is 41.9 Å². The number of allylic oxidation sites excluding steroid dienone is 1. The van der Waals surface area contributed by atoms with E-state index in [4.69, 9.17) is 0 Å². The minimum atomic E-state index is -0.368. The molecule has 1 saturated heterocycles. The van der Waals surface area contributed by atoms with E-state index in [1.807, 2.05) is 24.2 Å². The SMILES string of the molecule is Cc1cn2cc(C3=CC(=O)N4C=C(N5CCN(C(C)C)[C@@H](C)C5)C=CC4P3)cc(F)c2n1. The second kappa shape index (κ2) is 8.13. The van der Waals surface area contributed by atoms with E-state index >= 15 is 0 Å². The Morgan fingerprint density at radius 3 is 2.81 bits per heavy atom. The highest BCUT2D eigenvalue weighted by molar-refractivity contribution is 7.51. The van der Waals surface area contributed by atoms with E-state index in [9.17, 15) is 9.18 Å². The summed E-state index contributed by atoms with van der Waals surface area (Å²) >= 11 is 0. The molecule has 5 rings (SSSR count).